The average Bonchev–Trinajstić information content (AvgIpc) is 2.64. The average molecular weight is 489 g/mol. The van der Waals surface area contributed by atoms with Crippen LogP contribution in [0.5, 0.6) is 0 Å². The third kappa shape index (κ3) is 18.5. The summed E-state index contributed by atoms with van der Waals surface area (Å²) in [5.74, 6) is -1.15. The summed E-state index contributed by atoms with van der Waals surface area (Å²) < 4.78 is 21.6. The fourth-order valence-corrected chi connectivity index (χ4v) is 2.73. The van der Waals surface area contributed by atoms with Gasteiger partial charge in [0.2, 0.25) is 0 Å². The maximum absolute atomic E-state index is 12.2. The monoisotopic (exact) mass is 488 g/mol. The highest BCUT2D eigenvalue weighted by Gasteiger charge is 2.26. The van der Waals surface area contributed by atoms with E-state index in [4.69, 9.17) is 18.9 Å². The Morgan fingerprint density at radius 3 is 1.21 bits per heavy atom. The smallest absolute Gasteiger partial charge is 0.324 e. The van der Waals surface area contributed by atoms with E-state index in [9.17, 15) is 19.2 Å². The second-order valence-electron chi connectivity index (χ2n) is 10.1. The SMILES string of the molecule is CC(=O)C[C@H](NCCOCCOCCN[C@@H](CC(C)=O)C(=O)OC(C)(C)C)C(=O)OC(C)(C)C. The summed E-state index contributed by atoms with van der Waals surface area (Å²) >= 11 is 0. The first-order valence-corrected chi connectivity index (χ1v) is 11.7. The van der Waals surface area contributed by atoms with Gasteiger partial charge in [0.15, 0.2) is 0 Å². The molecule has 10 nitrogen and oxygen atoms in total. The maximum Gasteiger partial charge on any atom is 0.324 e. The van der Waals surface area contributed by atoms with Gasteiger partial charge >= 0.3 is 11.9 Å². The van der Waals surface area contributed by atoms with E-state index in [-0.39, 0.29) is 24.4 Å². The van der Waals surface area contributed by atoms with Crippen LogP contribution in [0, 0.1) is 0 Å². The second-order valence-corrected chi connectivity index (χ2v) is 10.1. The van der Waals surface area contributed by atoms with Crippen LogP contribution in [0.15, 0.2) is 0 Å². The molecule has 0 bridgehead atoms. The Bertz CT molecular complexity index is 596. The highest BCUT2D eigenvalue weighted by Crippen LogP contribution is 2.11. The van der Waals surface area contributed by atoms with Crippen LogP contribution in [0.2, 0.25) is 0 Å². The van der Waals surface area contributed by atoms with Gasteiger partial charge in [0.25, 0.3) is 0 Å². The molecule has 0 aromatic carbocycles. The lowest BCUT2D eigenvalue weighted by Crippen LogP contribution is -2.43. The number of nitrogens with one attached hydrogen (secondary N) is 2. The molecule has 0 unspecified atom stereocenters. The molecule has 0 spiro atoms. The Morgan fingerprint density at radius 1 is 0.618 bits per heavy atom. The van der Waals surface area contributed by atoms with Gasteiger partial charge in [-0.2, -0.15) is 0 Å². The minimum absolute atomic E-state index is 0.0545. The van der Waals surface area contributed by atoms with Crippen LogP contribution in [0.4, 0.5) is 0 Å². The number of ketones is 2. The zero-order valence-corrected chi connectivity index (χ0v) is 22.1. The molecule has 0 saturated heterocycles. The van der Waals surface area contributed by atoms with Crippen LogP contribution in [0.3, 0.4) is 0 Å². The summed E-state index contributed by atoms with van der Waals surface area (Å²) in [7, 11) is 0. The molecule has 0 radical (unpaired) electrons. The van der Waals surface area contributed by atoms with Gasteiger partial charge < -0.3 is 29.6 Å². The van der Waals surface area contributed by atoms with Crippen molar-refractivity contribution in [1.29, 1.82) is 0 Å². The van der Waals surface area contributed by atoms with Crippen molar-refractivity contribution in [3.8, 4) is 0 Å². The minimum Gasteiger partial charge on any atom is -0.459 e. The Labute approximate surface area is 203 Å². The largest absolute Gasteiger partial charge is 0.459 e. The van der Waals surface area contributed by atoms with E-state index < -0.39 is 35.2 Å². The van der Waals surface area contributed by atoms with E-state index >= 15 is 0 Å². The second kappa shape index (κ2) is 15.9. The number of hydrogen-bond acceptors (Lipinski definition) is 10. The van der Waals surface area contributed by atoms with Gasteiger partial charge in [0, 0.05) is 25.9 Å². The molecule has 0 aliphatic rings. The van der Waals surface area contributed by atoms with Gasteiger partial charge in [0.05, 0.1) is 26.4 Å². The van der Waals surface area contributed by atoms with Gasteiger partial charge in [0.1, 0.15) is 34.9 Å². The first-order valence-electron chi connectivity index (χ1n) is 11.7. The van der Waals surface area contributed by atoms with Gasteiger partial charge in [-0.25, -0.2) is 0 Å². The van der Waals surface area contributed by atoms with Crippen LogP contribution < -0.4 is 10.6 Å². The molecule has 0 amide bonds. The standard InChI is InChI=1S/C24H44N2O8/c1-17(27)15-19(21(29)33-23(3,4)5)25-9-11-31-13-14-32-12-10-26-20(16-18(2)28)22(30)34-24(6,7)8/h19-20,25-26H,9-16H2,1-8H3/t19-,20-/m0/s1. The Kier molecular flexibility index (Phi) is 15.0. The zero-order valence-electron chi connectivity index (χ0n) is 22.1. The van der Waals surface area contributed by atoms with Crippen LogP contribution in [-0.4, -0.2) is 86.3 Å². The van der Waals surface area contributed by atoms with E-state index in [1.807, 2.05) is 0 Å². The van der Waals surface area contributed by atoms with Crippen LogP contribution in [0.1, 0.15) is 68.2 Å². The predicted octanol–water partition coefficient (Wildman–Crippen LogP) is 1.58. The molecule has 0 rings (SSSR count). The summed E-state index contributed by atoms with van der Waals surface area (Å²) in [5, 5.41) is 5.99. The molecule has 0 fully saturated rings. The van der Waals surface area contributed by atoms with Gasteiger partial charge in [-0.3, -0.25) is 19.2 Å². The molecule has 0 aliphatic carbocycles. The van der Waals surface area contributed by atoms with E-state index in [0.29, 0.717) is 39.5 Å². The molecule has 198 valence electrons. The lowest BCUT2D eigenvalue weighted by atomic mass is 10.1. The van der Waals surface area contributed by atoms with E-state index in [0.717, 1.165) is 0 Å². The minimum atomic E-state index is -0.712. The number of hydrogen-bond donors (Lipinski definition) is 2. The number of rotatable bonds is 17. The highest BCUT2D eigenvalue weighted by molar-refractivity contribution is 5.85. The lowest BCUT2D eigenvalue weighted by molar-refractivity contribution is -0.159. The van der Waals surface area contributed by atoms with Crippen LogP contribution in [0.25, 0.3) is 0 Å². The summed E-state index contributed by atoms with van der Waals surface area (Å²) in [6.45, 7) is 15.6. The first-order chi connectivity index (χ1) is 15.6. The van der Waals surface area contributed by atoms with Crippen molar-refractivity contribution in [2.24, 2.45) is 0 Å². The molecular weight excluding hydrogens is 444 g/mol. The molecule has 0 aromatic heterocycles. The van der Waals surface area contributed by atoms with Gasteiger partial charge in [-0.15, -0.1) is 0 Å². The number of ether oxygens (including phenoxy) is 4. The molecule has 10 heteroatoms. The number of carbonyl (C=O) groups excluding carboxylic acids is 4. The van der Waals surface area contributed by atoms with Crippen molar-refractivity contribution >= 4 is 23.5 Å². The van der Waals surface area contributed by atoms with E-state index in [2.05, 4.69) is 10.6 Å². The normalized spacial score (nSPS) is 13.8. The fourth-order valence-electron chi connectivity index (χ4n) is 2.73. The lowest BCUT2D eigenvalue weighted by Gasteiger charge is -2.24. The number of esters is 2. The molecule has 0 aliphatic heterocycles. The topological polar surface area (TPSA) is 129 Å². The summed E-state index contributed by atoms with van der Waals surface area (Å²) in [4.78, 5) is 47.3. The Morgan fingerprint density at radius 2 is 0.941 bits per heavy atom. The third-order valence-corrected chi connectivity index (χ3v) is 4.01. The molecule has 2 N–H and O–H groups in total. The van der Waals surface area contributed by atoms with Crippen molar-refractivity contribution in [3.05, 3.63) is 0 Å². The maximum atomic E-state index is 12.2. The van der Waals surface area contributed by atoms with E-state index in [1.54, 1.807) is 41.5 Å². The van der Waals surface area contributed by atoms with Crippen LogP contribution in [-0.2, 0) is 38.1 Å². The quantitative estimate of drug-likeness (QED) is 0.230. The first kappa shape index (κ1) is 32.1. The Balaban J connectivity index is 4.12. The molecule has 0 aromatic rings. The Hall–Kier alpha value is -1.88. The van der Waals surface area contributed by atoms with Crippen molar-refractivity contribution < 1.29 is 38.1 Å². The predicted molar refractivity (Wildman–Crippen MR) is 128 cm³/mol. The molecule has 34 heavy (non-hydrogen) atoms. The zero-order chi connectivity index (χ0) is 26.4. The third-order valence-electron chi connectivity index (χ3n) is 4.01. The van der Waals surface area contributed by atoms with Crippen LogP contribution >= 0.6 is 0 Å². The molecule has 2 atom stereocenters. The number of Topliss-reactive ketones (excluding diaryl/α,β-unsaturated/α-hetero) is 2. The van der Waals surface area contributed by atoms with Crippen molar-refractivity contribution in [2.75, 3.05) is 39.5 Å². The molecular formula is C24H44N2O8. The number of carbonyl (C=O) groups is 4. The van der Waals surface area contributed by atoms with Crippen molar-refractivity contribution in [2.45, 2.75) is 91.5 Å². The van der Waals surface area contributed by atoms with E-state index in [1.165, 1.54) is 13.8 Å². The van der Waals surface area contributed by atoms with Gasteiger partial charge in [-0.1, -0.05) is 0 Å². The molecule has 0 heterocycles. The van der Waals surface area contributed by atoms with Crippen molar-refractivity contribution in [3.63, 3.8) is 0 Å². The fraction of sp³-hybridized carbons (Fsp3) is 0.833. The summed E-state index contributed by atoms with van der Waals surface area (Å²) in [6.07, 6.45) is 0.109. The van der Waals surface area contributed by atoms with Crippen molar-refractivity contribution in [1.82, 2.24) is 10.6 Å². The summed E-state index contributed by atoms with van der Waals surface area (Å²) in [5.41, 5.74) is -1.26. The summed E-state index contributed by atoms with van der Waals surface area (Å²) in [6, 6.07) is -1.42. The van der Waals surface area contributed by atoms with Gasteiger partial charge in [-0.05, 0) is 55.4 Å². The molecule has 0 saturated carbocycles. The highest BCUT2D eigenvalue weighted by atomic mass is 16.6.